The van der Waals surface area contributed by atoms with Gasteiger partial charge in [0.05, 0.1) is 6.61 Å². The molecule has 13 heavy (non-hydrogen) atoms. The Morgan fingerprint density at radius 3 is 2.69 bits per heavy atom. The monoisotopic (exact) mass is 182 g/mol. The van der Waals surface area contributed by atoms with Crippen LogP contribution in [0.5, 0.6) is 0 Å². The van der Waals surface area contributed by atoms with E-state index < -0.39 is 0 Å². The highest BCUT2D eigenvalue weighted by molar-refractivity contribution is 5.91. The second-order valence-electron chi connectivity index (χ2n) is 4.44. The molecule has 0 unspecified atom stereocenters. The van der Waals surface area contributed by atoms with Gasteiger partial charge >= 0.3 is 0 Å². The van der Waals surface area contributed by atoms with E-state index in [0.29, 0.717) is 6.42 Å². The second-order valence-corrected chi connectivity index (χ2v) is 4.44. The second kappa shape index (κ2) is 3.95. The van der Waals surface area contributed by atoms with E-state index >= 15 is 0 Å². The fourth-order valence-electron chi connectivity index (χ4n) is 1.61. The van der Waals surface area contributed by atoms with Gasteiger partial charge in [-0.1, -0.05) is 20.8 Å². The lowest BCUT2D eigenvalue weighted by molar-refractivity contribution is -0.117. The Kier molecular flexibility index (Phi) is 3.12. The van der Waals surface area contributed by atoms with Crippen molar-refractivity contribution in [3.63, 3.8) is 0 Å². The molecule has 0 spiro atoms. The van der Waals surface area contributed by atoms with E-state index in [1.807, 2.05) is 0 Å². The number of allylic oxidation sites excluding steroid dienone is 2. The molecule has 0 aromatic heterocycles. The quantitative estimate of drug-likeness (QED) is 0.670. The van der Waals surface area contributed by atoms with Crippen LogP contribution in [0.1, 0.15) is 40.0 Å². The Labute approximate surface area is 80.0 Å². The molecular weight excluding hydrogens is 164 g/mol. The molecule has 0 radical (unpaired) electrons. The standard InChI is InChI=1S/C11H18O2/c1-4-5-13-10-6-9(12)7-11(2,3)8-10/h6H,4-5,7-8H2,1-3H3. The first-order chi connectivity index (χ1) is 6.03. The number of ether oxygens (including phenoxy) is 1. The van der Waals surface area contributed by atoms with E-state index in [1.54, 1.807) is 6.08 Å². The van der Waals surface area contributed by atoms with Gasteiger partial charge in [0.25, 0.3) is 0 Å². The van der Waals surface area contributed by atoms with Crippen molar-refractivity contribution in [2.45, 2.75) is 40.0 Å². The summed E-state index contributed by atoms with van der Waals surface area (Å²) in [5.74, 6) is 1.06. The molecule has 0 fully saturated rings. The van der Waals surface area contributed by atoms with Crippen molar-refractivity contribution in [2.75, 3.05) is 6.61 Å². The summed E-state index contributed by atoms with van der Waals surface area (Å²) in [4.78, 5) is 11.3. The summed E-state index contributed by atoms with van der Waals surface area (Å²) in [5.41, 5.74) is 0.0783. The summed E-state index contributed by atoms with van der Waals surface area (Å²) >= 11 is 0. The van der Waals surface area contributed by atoms with Crippen molar-refractivity contribution < 1.29 is 9.53 Å². The van der Waals surface area contributed by atoms with E-state index in [4.69, 9.17) is 4.74 Å². The third-order valence-corrected chi connectivity index (χ3v) is 2.12. The Balaban J connectivity index is 2.59. The summed E-state index contributed by atoms with van der Waals surface area (Å²) in [6.07, 6.45) is 4.18. The molecule has 0 saturated heterocycles. The zero-order valence-corrected chi connectivity index (χ0v) is 8.72. The van der Waals surface area contributed by atoms with Gasteiger partial charge in [0.2, 0.25) is 0 Å². The first-order valence-corrected chi connectivity index (χ1v) is 4.90. The van der Waals surface area contributed by atoms with Crippen LogP contribution in [0, 0.1) is 5.41 Å². The van der Waals surface area contributed by atoms with E-state index in [2.05, 4.69) is 20.8 Å². The Hall–Kier alpha value is -0.790. The molecule has 1 aliphatic carbocycles. The van der Waals surface area contributed by atoms with E-state index in [1.165, 1.54) is 0 Å². The lowest BCUT2D eigenvalue weighted by atomic mass is 9.79. The Morgan fingerprint density at radius 1 is 1.46 bits per heavy atom. The van der Waals surface area contributed by atoms with Gasteiger partial charge in [0, 0.05) is 18.9 Å². The molecule has 0 aromatic carbocycles. The van der Waals surface area contributed by atoms with E-state index in [0.717, 1.165) is 25.2 Å². The average Bonchev–Trinajstić information content (AvgIpc) is 1.97. The zero-order chi connectivity index (χ0) is 9.90. The van der Waals surface area contributed by atoms with Gasteiger partial charge in [-0.15, -0.1) is 0 Å². The van der Waals surface area contributed by atoms with Gasteiger partial charge in [-0.3, -0.25) is 4.79 Å². The molecule has 0 aliphatic heterocycles. The number of rotatable bonds is 3. The largest absolute Gasteiger partial charge is 0.498 e. The van der Waals surface area contributed by atoms with Gasteiger partial charge in [-0.25, -0.2) is 0 Å². The molecule has 0 aromatic rings. The molecular formula is C11H18O2. The number of hydrogen-bond donors (Lipinski definition) is 0. The minimum atomic E-state index is 0.0783. The van der Waals surface area contributed by atoms with E-state index in [-0.39, 0.29) is 11.2 Å². The molecule has 0 atom stereocenters. The SMILES string of the molecule is CCCOC1=CC(=O)CC(C)(C)C1. The van der Waals surface area contributed by atoms with Crippen molar-refractivity contribution in [1.82, 2.24) is 0 Å². The molecule has 2 nitrogen and oxygen atoms in total. The number of hydrogen-bond acceptors (Lipinski definition) is 2. The third kappa shape index (κ3) is 3.21. The van der Waals surface area contributed by atoms with Gasteiger partial charge in [0.1, 0.15) is 5.76 Å². The van der Waals surface area contributed by atoms with Crippen LogP contribution in [-0.2, 0) is 9.53 Å². The highest BCUT2D eigenvalue weighted by Crippen LogP contribution is 2.33. The van der Waals surface area contributed by atoms with Gasteiger partial charge in [-0.05, 0) is 11.8 Å². The third-order valence-electron chi connectivity index (χ3n) is 2.12. The molecule has 0 N–H and O–H groups in total. The molecule has 1 rings (SSSR count). The first-order valence-electron chi connectivity index (χ1n) is 4.90. The Morgan fingerprint density at radius 2 is 2.15 bits per heavy atom. The van der Waals surface area contributed by atoms with Crippen LogP contribution in [0.25, 0.3) is 0 Å². The van der Waals surface area contributed by atoms with Crippen molar-refractivity contribution in [3.05, 3.63) is 11.8 Å². The summed E-state index contributed by atoms with van der Waals surface area (Å²) < 4.78 is 5.48. The predicted molar refractivity (Wildman–Crippen MR) is 52.3 cm³/mol. The smallest absolute Gasteiger partial charge is 0.159 e. The molecule has 0 bridgehead atoms. The summed E-state index contributed by atoms with van der Waals surface area (Å²) in [7, 11) is 0. The first kappa shape index (κ1) is 10.3. The van der Waals surface area contributed by atoms with Crippen LogP contribution in [0.3, 0.4) is 0 Å². The summed E-state index contributed by atoms with van der Waals surface area (Å²) in [5, 5.41) is 0. The predicted octanol–water partition coefficient (Wildman–Crippen LogP) is 2.69. The fraction of sp³-hybridized carbons (Fsp3) is 0.727. The van der Waals surface area contributed by atoms with Crippen molar-refractivity contribution in [3.8, 4) is 0 Å². The molecule has 0 saturated carbocycles. The fourth-order valence-corrected chi connectivity index (χ4v) is 1.61. The molecule has 0 amide bonds. The topological polar surface area (TPSA) is 26.3 Å². The van der Waals surface area contributed by atoms with Crippen LogP contribution in [0.4, 0.5) is 0 Å². The normalized spacial score (nSPS) is 21.2. The Bertz CT molecular complexity index is 226. The summed E-state index contributed by atoms with van der Waals surface area (Å²) in [6.45, 7) is 6.99. The van der Waals surface area contributed by atoms with Crippen LogP contribution < -0.4 is 0 Å². The highest BCUT2D eigenvalue weighted by atomic mass is 16.5. The summed E-state index contributed by atoms with van der Waals surface area (Å²) in [6, 6.07) is 0. The van der Waals surface area contributed by atoms with Crippen LogP contribution >= 0.6 is 0 Å². The minimum absolute atomic E-state index is 0.0783. The number of ketones is 1. The minimum Gasteiger partial charge on any atom is -0.498 e. The van der Waals surface area contributed by atoms with Crippen molar-refractivity contribution >= 4 is 5.78 Å². The van der Waals surface area contributed by atoms with Gasteiger partial charge in [-0.2, -0.15) is 0 Å². The van der Waals surface area contributed by atoms with Crippen LogP contribution in [0.15, 0.2) is 11.8 Å². The molecule has 74 valence electrons. The number of carbonyl (C=O) groups is 1. The maximum absolute atomic E-state index is 11.3. The lowest BCUT2D eigenvalue weighted by Gasteiger charge is -2.28. The lowest BCUT2D eigenvalue weighted by Crippen LogP contribution is -2.22. The molecule has 1 aliphatic rings. The maximum atomic E-state index is 11.3. The average molecular weight is 182 g/mol. The molecule has 0 heterocycles. The van der Waals surface area contributed by atoms with Crippen LogP contribution in [0.2, 0.25) is 0 Å². The zero-order valence-electron chi connectivity index (χ0n) is 8.72. The van der Waals surface area contributed by atoms with Crippen LogP contribution in [-0.4, -0.2) is 12.4 Å². The van der Waals surface area contributed by atoms with E-state index in [9.17, 15) is 4.79 Å². The molecule has 2 heteroatoms. The van der Waals surface area contributed by atoms with Gasteiger partial charge < -0.3 is 4.74 Å². The van der Waals surface area contributed by atoms with Crippen molar-refractivity contribution in [1.29, 1.82) is 0 Å². The maximum Gasteiger partial charge on any atom is 0.159 e. The van der Waals surface area contributed by atoms with Gasteiger partial charge in [0.15, 0.2) is 5.78 Å². The number of carbonyl (C=O) groups excluding carboxylic acids is 1. The highest BCUT2D eigenvalue weighted by Gasteiger charge is 2.28. The van der Waals surface area contributed by atoms with Crippen molar-refractivity contribution in [2.24, 2.45) is 5.41 Å².